The van der Waals surface area contributed by atoms with E-state index < -0.39 is 0 Å². The Kier molecular flexibility index (Phi) is 4.10. The Morgan fingerprint density at radius 3 is 2.61 bits per heavy atom. The van der Waals surface area contributed by atoms with Crippen molar-refractivity contribution in [2.75, 3.05) is 10.6 Å². The van der Waals surface area contributed by atoms with Gasteiger partial charge in [0.25, 0.3) is 5.91 Å². The molecule has 0 spiro atoms. The normalized spacial score (nSPS) is 13.9. The maximum Gasteiger partial charge on any atom is 0.294 e. The van der Waals surface area contributed by atoms with Crippen molar-refractivity contribution in [1.29, 1.82) is 0 Å². The molecule has 0 atom stereocenters. The highest BCUT2D eigenvalue weighted by Gasteiger charge is 2.29. The highest BCUT2D eigenvalue weighted by Crippen LogP contribution is 2.30. The van der Waals surface area contributed by atoms with Crippen molar-refractivity contribution >= 4 is 23.3 Å². The zero-order chi connectivity index (χ0) is 16.4. The number of nitrogens with one attached hydrogen (secondary N) is 2. The molecule has 1 saturated carbocycles. The number of aromatic nitrogens is 2. The molecule has 0 saturated heterocycles. The number of carbonyl (C=O) groups excluding carboxylic acids is 2. The van der Waals surface area contributed by atoms with E-state index in [1.54, 1.807) is 18.2 Å². The van der Waals surface area contributed by atoms with Crippen molar-refractivity contribution in [2.45, 2.75) is 32.6 Å². The Balaban J connectivity index is 1.60. The molecule has 1 aliphatic rings. The second-order valence-electron chi connectivity index (χ2n) is 5.92. The smallest absolute Gasteiger partial charge is 0.294 e. The van der Waals surface area contributed by atoms with Gasteiger partial charge in [-0.15, -0.1) is 0 Å². The molecule has 120 valence electrons. The van der Waals surface area contributed by atoms with E-state index in [2.05, 4.69) is 20.8 Å². The summed E-state index contributed by atoms with van der Waals surface area (Å²) in [6.07, 6.45) is 3.37. The first-order valence-electron chi connectivity index (χ1n) is 7.58. The summed E-state index contributed by atoms with van der Waals surface area (Å²) in [4.78, 5) is 27.8. The van der Waals surface area contributed by atoms with E-state index in [1.807, 2.05) is 13.8 Å². The summed E-state index contributed by atoms with van der Waals surface area (Å²) < 4.78 is 5.03. The lowest BCUT2D eigenvalue weighted by atomic mass is 10.1. The fourth-order valence-electron chi connectivity index (χ4n) is 1.98. The first kappa shape index (κ1) is 15.2. The van der Waals surface area contributed by atoms with Crippen LogP contribution in [0.25, 0.3) is 0 Å². The molecule has 7 nitrogen and oxygen atoms in total. The third kappa shape index (κ3) is 3.74. The predicted octanol–water partition coefficient (Wildman–Crippen LogP) is 2.79. The van der Waals surface area contributed by atoms with Crippen LogP contribution in [0.2, 0.25) is 0 Å². The van der Waals surface area contributed by atoms with Crippen LogP contribution in [-0.4, -0.2) is 22.0 Å². The van der Waals surface area contributed by atoms with Gasteiger partial charge in [0.15, 0.2) is 0 Å². The largest absolute Gasteiger partial charge is 0.351 e. The van der Waals surface area contributed by atoms with Gasteiger partial charge in [-0.2, -0.15) is 0 Å². The molecule has 3 rings (SSSR count). The van der Waals surface area contributed by atoms with Crippen LogP contribution >= 0.6 is 0 Å². The van der Waals surface area contributed by atoms with Gasteiger partial charge >= 0.3 is 0 Å². The topological polar surface area (TPSA) is 97.1 Å². The summed E-state index contributed by atoms with van der Waals surface area (Å²) in [5, 5.41) is 9.27. The second kappa shape index (κ2) is 6.20. The molecule has 0 aromatic carbocycles. The Morgan fingerprint density at radius 2 is 2.04 bits per heavy atom. The minimum Gasteiger partial charge on any atom is -0.351 e. The minimum absolute atomic E-state index is 0.00263. The van der Waals surface area contributed by atoms with Gasteiger partial charge in [-0.3, -0.25) is 9.59 Å². The third-order valence-electron chi connectivity index (χ3n) is 3.56. The molecule has 0 aliphatic heterocycles. The van der Waals surface area contributed by atoms with Crippen molar-refractivity contribution in [3.63, 3.8) is 0 Å². The molecule has 1 fully saturated rings. The summed E-state index contributed by atoms with van der Waals surface area (Å²) in [6.45, 7) is 3.94. The Bertz CT molecular complexity index is 717. The number of carbonyl (C=O) groups is 2. The maximum atomic E-state index is 12.1. The maximum absolute atomic E-state index is 12.1. The van der Waals surface area contributed by atoms with E-state index in [1.165, 1.54) is 6.20 Å². The molecule has 2 N–H and O–H groups in total. The van der Waals surface area contributed by atoms with Crippen LogP contribution in [0.1, 0.15) is 48.9 Å². The molecule has 2 heterocycles. The van der Waals surface area contributed by atoms with Crippen LogP contribution in [0.3, 0.4) is 0 Å². The fourth-order valence-corrected chi connectivity index (χ4v) is 1.98. The molecule has 2 amide bonds. The van der Waals surface area contributed by atoms with Crippen LogP contribution in [0.15, 0.2) is 28.9 Å². The van der Waals surface area contributed by atoms with Crippen LogP contribution in [0.5, 0.6) is 0 Å². The number of anilines is 2. The Hall–Kier alpha value is -2.70. The molecule has 2 aromatic heterocycles. The lowest BCUT2D eigenvalue weighted by Crippen LogP contribution is -2.15. The molecule has 1 aliphatic carbocycles. The second-order valence-corrected chi connectivity index (χ2v) is 5.92. The van der Waals surface area contributed by atoms with E-state index in [0.717, 1.165) is 18.5 Å². The molecular formula is C16H18N4O3. The SMILES string of the molecule is CC(C)c1cc(C(=O)Nc2ccc(NC(=O)C3CC3)nc2)on1. The van der Waals surface area contributed by atoms with Gasteiger partial charge in [-0.05, 0) is 30.9 Å². The number of hydrogen-bond acceptors (Lipinski definition) is 5. The molecule has 0 bridgehead atoms. The van der Waals surface area contributed by atoms with Crippen LogP contribution in [0.4, 0.5) is 11.5 Å². The van der Waals surface area contributed by atoms with Crippen molar-refractivity contribution in [3.05, 3.63) is 35.9 Å². The third-order valence-corrected chi connectivity index (χ3v) is 3.56. The number of nitrogens with zero attached hydrogens (tertiary/aromatic N) is 2. The van der Waals surface area contributed by atoms with Gasteiger partial charge in [-0.1, -0.05) is 19.0 Å². The van der Waals surface area contributed by atoms with Crippen LogP contribution < -0.4 is 10.6 Å². The van der Waals surface area contributed by atoms with Crippen LogP contribution in [0, 0.1) is 5.92 Å². The van der Waals surface area contributed by atoms with Crippen molar-refractivity contribution in [3.8, 4) is 0 Å². The highest BCUT2D eigenvalue weighted by atomic mass is 16.5. The van der Waals surface area contributed by atoms with E-state index in [-0.39, 0.29) is 29.4 Å². The van der Waals surface area contributed by atoms with E-state index in [9.17, 15) is 9.59 Å². The molecule has 0 radical (unpaired) electrons. The molecule has 2 aromatic rings. The predicted molar refractivity (Wildman–Crippen MR) is 84.1 cm³/mol. The summed E-state index contributed by atoms with van der Waals surface area (Å²) in [6, 6.07) is 4.95. The van der Waals surface area contributed by atoms with E-state index >= 15 is 0 Å². The van der Waals surface area contributed by atoms with Crippen molar-refractivity contribution in [2.24, 2.45) is 5.92 Å². The summed E-state index contributed by atoms with van der Waals surface area (Å²) in [5.41, 5.74) is 1.24. The van der Waals surface area contributed by atoms with E-state index in [0.29, 0.717) is 11.5 Å². The number of hydrogen-bond donors (Lipinski definition) is 2. The van der Waals surface area contributed by atoms with Gasteiger partial charge in [0, 0.05) is 12.0 Å². The molecule has 0 unspecified atom stereocenters. The zero-order valence-electron chi connectivity index (χ0n) is 13.0. The zero-order valence-corrected chi connectivity index (χ0v) is 13.0. The lowest BCUT2D eigenvalue weighted by molar-refractivity contribution is -0.117. The molecule has 7 heteroatoms. The Morgan fingerprint density at radius 1 is 1.26 bits per heavy atom. The average Bonchev–Trinajstić information content (AvgIpc) is 3.25. The van der Waals surface area contributed by atoms with Gasteiger partial charge in [0.05, 0.1) is 17.6 Å². The quantitative estimate of drug-likeness (QED) is 0.884. The molecule has 23 heavy (non-hydrogen) atoms. The summed E-state index contributed by atoms with van der Waals surface area (Å²) in [7, 11) is 0. The monoisotopic (exact) mass is 314 g/mol. The standard InChI is InChI=1S/C16H18N4O3/c1-9(2)12-7-13(23-20-12)16(22)18-11-5-6-14(17-8-11)19-15(21)10-3-4-10/h5-10H,3-4H2,1-2H3,(H,18,22)(H,17,19,21). The number of pyridine rings is 1. The first-order chi connectivity index (χ1) is 11.0. The van der Waals surface area contributed by atoms with Gasteiger partial charge in [0.1, 0.15) is 5.82 Å². The van der Waals surface area contributed by atoms with Crippen molar-refractivity contribution < 1.29 is 14.1 Å². The van der Waals surface area contributed by atoms with Gasteiger partial charge in [0.2, 0.25) is 11.7 Å². The Labute approximate surface area is 133 Å². The van der Waals surface area contributed by atoms with E-state index in [4.69, 9.17) is 4.52 Å². The van der Waals surface area contributed by atoms with Gasteiger partial charge in [-0.25, -0.2) is 4.98 Å². The average molecular weight is 314 g/mol. The summed E-state index contributed by atoms with van der Waals surface area (Å²) >= 11 is 0. The summed E-state index contributed by atoms with van der Waals surface area (Å²) in [5.74, 6) is 0.550. The first-order valence-corrected chi connectivity index (χ1v) is 7.58. The fraction of sp³-hybridized carbons (Fsp3) is 0.375. The van der Waals surface area contributed by atoms with Crippen molar-refractivity contribution in [1.82, 2.24) is 10.1 Å². The minimum atomic E-state index is -0.388. The number of rotatable bonds is 5. The highest BCUT2D eigenvalue weighted by molar-refractivity contribution is 6.02. The van der Waals surface area contributed by atoms with Gasteiger partial charge < -0.3 is 15.2 Å². The van der Waals surface area contributed by atoms with Crippen LogP contribution in [-0.2, 0) is 4.79 Å². The lowest BCUT2D eigenvalue weighted by Gasteiger charge is -2.05. The number of amides is 2. The molecular weight excluding hydrogens is 296 g/mol.